The number of hydrogen-bond acceptors (Lipinski definition) is 6. The number of nitrogens with zero attached hydrogens (tertiary/aromatic N) is 3. The number of sulfonamides is 1. The summed E-state index contributed by atoms with van der Waals surface area (Å²) in [4.78, 5) is 21.2. The second-order valence-corrected chi connectivity index (χ2v) is 12.6. The van der Waals surface area contributed by atoms with Gasteiger partial charge in [0.25, 0.3) is 5.91 Å². The molecule has 10 heteroatoms. The first-order chi connectivity index (χ1) is 17.4. The van der Waals surface area contributed by atoms with E-state index in [1.54, 1.807) is 6.07 Å². The Kier molecular flexibility index (Phi) is 7.73. The lowest BCUT2D eigenvalue weighted by Gasteiger charge is -2.25. The minimum Gasteiger partial charge on any atom is -0.298 e. The van der Waals surface area contributed by atoms with Crippen LogP contribution in [0.15, 0.2) is 53.4 Å². The maximum Gasteiger partial charge on any atom is 0.257 e. The minimum absolute atomic E-state index is 0.0197. The van der Waals surface area contributed by atoms with Gasteiger partial charge in [-0.1, -0.05) is 54.8 Å². The van der Waals surface area contributed by atoms with E-state index < -0.39 is 15.9 Å². The normalized spacial score (nSPS) is 17.4. The minimum atomic E-state index is -3.78. The Morgan fingerprint density at radius 2 is 1.78 bits per heavy atom. The fourth-order valence-electron chi connectivity index (χ4n) is 4.71. The predicted molar refractivity (Wildman–Crippen MR) is 143 cm³/mol. The van der Waals surface area contributed by atoms with Gasteiger partial charge in [0.2, 0.25) is 10.0 Å². The van der Waals surface area contributed by atoms with Crippen LogP contribution in [0.1, 0.15) is 52.2 Å². The zero-order valence-corrected chi connectivity index (χ0v) is 22.3. The predicted octanol–water partition coefficient (Wildman–Crippen LogP) is 5.17. The zero-order valence-electron chi connectivity index (χ0n) is 20.0. The molecular weight excluding hydrogens is 516 g/mol. The number of halogens is 1. The van der Waals surface area contributed by atoms with Crippen molar-refractivity contribution in [1.29, 1.82) is 0 Å². The molecule has 2 aliphatic rings. The van der Waals surface area contributed by atoms with Crippen LogP contribution in [-0.4, -0.2) is 48.1 Å². The Balaban J connectivity index is 1.29. The van der Waals surface area contributed by atoms with Crippen molar-refractivity contribution in [3.8, 4) is 0 Å². The highest BCUT2D eigenvalue weighted by Crippen LogP contribution is 2.31. The average Bonchev–Trinajstić information content (AvgIpc) is 3.06. The molecule has 3 heterocycles. The summed E-state index contributed by atoms with van der Waals surface area (Å²) in [6.45, 7) is 3.52. The summed E-state index contributed by atoms with van der Waals surface area (Å²) in [6.07, 6.45) is 4.52. The Morgan fingerprint density at radius 1 is 1.03 bits per heavy atom. The van der Waals surface area contributed by atoms with Crippen molar-refractivity contribution in [1.82, 2.24) is 14.2 Å². The quantitative estimate of drug-likeness (QED) is 0.463. The van der Waals surface area contributed by atoms with E-state index in [2.05, 4.69) is 27.3 Å². The van der Waals surface area contributed by atoms with Gasteiger partial charge in [-0.15, -0.1) is 11.3 Å². The molecule has 0 saturated carbocycles. The van der Waals surface area contributed by atoms with Crippen LogP contribution in [0.25, 0.3) is 0 Å². The number of anilines is 1. The molecular formula is C26H29ClN4O3S2. The van der Waals surface area contributed by atoms with E-state index >= 15 is 0 Å². The van der Waals surface area contributed by atoms with Crippen molar-refractivity contribution < 1.29 is 13.2 Å². The van der Waals surface area contributed by atoms with E-state index in [0.717, 1.165) is 62.3 Å². The first-order valence-corrected chi connectivity index (χ1v) is 14.9. The summed E-state index contributed by atoms with van der Waals surface area (Å²) in [5, 5.41) is 3.52. The number of thiazole rings is 1. The Labute approximate surface area is 221 Å². The van der Waals surface area contributed by atoms with Crippen molar-refractivity contribution in [2.45, 2.75) is 50.1 Å². The van der Waals surface area contributed by atoms with E-state index in [-0.39, 0.29) is 15.5 Å². The fraction of sp³-hybridized carbons (Fsp3) is 0.385. The molecule has 0 unspecified atom stereocenters. The lowest BCUT2D eigenvalue weighted by atomic mass is 10.1. The van der Waals surface area contributed by atoms with Gasteiger partial charge in [0.1, 0.15) is 4.90 Å². The van der Waals surface area contributed by atoms with E-state index in [9.17, 15) is 13.2 Å². The molecule has 0 radical (unpaired) electrons. The molecule has 36 heavy (non-hydrogen) atoms. The van der Waals surface area contributed by atoms with Crippen molar-refractivity contribution >= 4 is 44.0 Å². The largest absolute Gasteiger partial charge is 0.298 e. The number of carbonyl (C=O) groups excluding carboxylic acids is 1. The van der Waals surface area contributed by atoms with Gasteiger partial charge in [0.15, 0.2) is 5.13 Å². The first-order valence-electron chi connectivity index (χ1n) is 12.3. The Morgan fingerprint density at radius 3 is 2.53 bits per heavy atom. The van der Waals surface area contributed by atoms with Crippen molar-refractivity contribution in [2.24, 2.45) is 0 Å². The number of aromatic nitrogens is 1. The molecule has 0 atom stereocenters. The number of benzene rings is 2. The first kappa shape index (κ1) is 25.4. The molecule has 0 aliphatic carbocycles. The van der Waals surface area contributed by atoms with Crippen molar-refractivity contribution in [3.63, 3.8) is 0 Å². The molecule has 7 nitrogen and oxygen atoms in total. The van der Waals surface area contributed by atoms with Gasteiger partial charge in [0.05, 0.1) is 10.7 Å². The number of hydrogen-bond donors (Lipinski definition) is 1. The van der Waals surface area contributed by atoms with E-state index in [0.29, 0.717) is 18.2 Å². The van der Waals surface area contributed by atoms with Crippen LogP contribution in [0.3, 0.4) is 0 Å². The average molecular weight is 545 g/mol. The highest BCUT2D eigenvalue weighted by Gasteiger charge is 2.28. The third-order valence-corrected chi connectivity index (χ3v) is 10.0. The van der Waals surface area contributed by atoms with Crippen LogP contribution in [0, 0.1) is 0 Å². The van der Waals surface area contributed by atoms with Crippen LogP contribution in [-0.2, 0) is 29.5 Å². The number of nitrogens with one attached hydrogen (secondary N) is 1. The molecule has 1 fully saturated rings. The maximum atomic E-state index is 13.3. The number of rotatable bonds is 6. The van der Waals surface area contributed by atoms with E-state index in [1.807, 2.05) is 18.2 Å². The summed E-state index contributed by atoms with van der Waals surface area (Å²) in [6, 6.07) is 14.8. The zero-order chi connectivity index (χ0) is 25.1. The molecule has 1 amide bonds. The maximum absolute atomic E-state index is 13.3. The standard InChI is InChI=1S/C26H29ClN4O3S2/c27-21-11-10-20(16-24(21)36(33,34)31-13-6-1-2-7-14-31)25(32)29-26-28-22-12-15-30(18-23(22)35-26)17-19-8-4-3-5-9-19/h3-5,8-11,16H,1-2,6-7,12-15,17-18H2,(H,28,29,32). The van der Waals surface area contributed by atoms with Gasteiger partial charge in [-0.3, -0.25) is 15.0 Å². The molecule has 190 valence electrons. The van der Waals surface area contributed by atoms with Crippen LogP contribution in [0.4, 0.5) is 5.13 Å². The van der Waals surface area contributed by atoms with E-state index in [4.69, 9.17) is 11.6 Å². The number of amides is 1. The molecule has 1 N–H and O–H groups in total. The third kappa shape index (κ3) is 5.65. The fourth-order valence-corrected chi connectivity index (χ4v) is 7.77. The molecule has 0 bridgehead atoms. The molecule has 2 aliphatic heterocycles. The highest BCUT2D eigenvalue weighted by molar-refractivity contribution is 7.89. The third-order valence-electron chi connectivity index (χ3n) is 6.66. The van der Waals surface area contributed by atoms with Crippen LogP contribution in [0.5, 0.6) is 0 Å². The Bertz CT molecular complexity index is 1340. The highest BCUT2D eigenvalue weighted by atomic mass is 35.5. The molecule has 3 aromatic rings. The van der Waals surface area contributed by atoms with Gasteiger partial charge in [-0.2, -0.15) is 4.31 Å². The second-order valence-electron chi connectivity index (χ2n) is 9.25. The molecule has 5 rings (SSSR count). The summed E-state index contributed by atoms with van der Waals surface area (Å²) >= 11 is 7.77. The lowest BCUT2D eigenvalue weighted by Crippen LogP contribution is -2.32. The van der Waals surface area contributed by atoms with Gasteiger partial charge in [-0.25, -0.2) is 13.4 Å². The topological polar surface area (TPSA) is 82.6 Å². The SMILES string of the molecule is O=C(Nc1nc2c(s1)CN(Cc1ccccc1)CC2)c1ccc(Cl)c(S(=O)(=O)N2CCCCCC2)c1. The lowest BCUT2D eigenvalue weighted by molar-refractivity contribution is 0.102. The smallest absolute Gasteiger partial charge is 0.257 e. The summed E-state index contributed by atoms with van der Waals surface area (Å²) in [5.41, 5.74) is 2.53. The van der Waals surface area contributed by atoms with Crippen LogP contribution >= 0.6 is 22.9 Å². The summed E-state index contributed by atoms with van der Waals surface area (Å²) in [7, 11) is -3.78. The van der Waals surface area contributed by atoms with E-state index in [1.165, 1.54) is 33.3 Å². The molecule has 1 saturated heterocycles. The van der Waals surface area contributed by atoms with Crippen LogP contribution < -0.4 is 5.32 Å². The molecule has 0 spiro atoms. The Hall–Kier alpha value is -2.30. The van der Waals surface area contributed by atoms with Crippen LogP contribution in [0.2, 0.25) is 5.02 Å². The van der Waals surface area contributed by atoms with Gasteiger partial charge in [-0.05, 0) is 36.6 Å². The summed E-state index contributed by atoms with van der Waals surface area (Å²) < 4.78 is 28.1. The number of carbonyl (C=O) groups is 1. The van der Waals surface area contributed by atoms with Crippen molar-refractivity contribution in [3.05, 3.63) is 75.3 Å². The van der Waals surface area contributed by atoms with Gasteiger partial charge < -0.3 is 0 Å². The monoisotopic (exact) mass is 544 g/mol. The van der Waals surface area contributed by atoms with Gasteiger partial charge >= 0.3 is 0 Å². The number of fused-ring (bicyclic) bond motifs is 1. The van der Waals surface area contributed by atoms with Gasteiger partial charge in [0, 0.05) is 49.6 Å². The molecule has 1 aromatic heterocycles. The second kappa shape index (κ2) is 11.0. The summed E-state index contributed by atoms with van der Waals surface area (Å²) in [5.74, 6) is -0.397. The van der Waals surface area contributed by atoms with Crippen molar-refractivity contribution in [2.75, 3.05) is 25.0 Å². The molecule has 2 aromatic carbocycles.